The van der Waals surface area contributed by atoms with E-state index in [4.69, 9.17) is 14.2 Å². The van der Waals surface area contributed by atoms with Crippen LogP contribution in [-0.2, 0) is 16.0 Å². The lowest BCUT2D eigenvalue weighted by atomic mass is 9.97. The first-order chi connectivity index (χ1) is 23.6. The number of halogens is 11. The number of nitrogens with one attached hydrogen (secondary N) is 1. The zero-order valence-electron chi connectivity index (χ0n) is 26.2. The Morgan fingerprint density at radius 2 is 1.29 bits per heavy atom. The lowest BCUT2D eigenvalue weighted by Crippen LogP contribution is -2.68. The number of carbonyl (C=O) groups excluding carboxylic acids is 1. The van der Waals surface area contributed by atoms with Crippen molar-refractivity contribution in [1.82, 2.24) is 4.90 Å². The number of benzene rings is 3. The van der Waals surface area contributed by atoms with Crippen LogP contribution < -0.4 is 14.8 Å². The summed E-state index contributed by atoms with van der Waals surface area (Å²) < 4.78 is 167. The van der Waals surface area contributed by atoms with Gasteiger partial charge in [0.25, 0.3) is 0 Å². The molecule has 0 saturated heterocycles. The van der Waals surface area contributed by atoms with Crippen molar-refractivity contribution in [2.75, 3.05) is 31.6 Å². The Kier molecular flexibility index (Phi) is 12.8. The van der Waals surface area contributed by atoms with E-state index in [0.717, 1.165) is 12.1 Å². The number of ether oxygens (including phenoxy) is 3. The minimum absolute atomic E-state index is 0.0372. The molecule has 2 N–H and O–H groups in total. The van der Waals surface area contributed by atoms with Gasteiger partial charge in [-0.2, -0.15) is 48.3 Å². The highest BCUT2D eigenvalue weighted by Crippen LogP contribution is 2.57. The van der Waals surface area contributed by atoms with E-state index in [-0.39, 0.29) is 35.1 Å². The number of amides is 2. The molecule has 3 aromatic carbocycles. The number of rotatable bonds is 17. The normalized spacial score (nSPS) is 13.3. The number of alkyl halides is 11. The van der Waals surface area contributed by atoms with Crippen LogP contribution in [0.25, 0.3) is 0 Å². The molecule has 0 saturated carbocycles. The number of nitrogens with zero attached hydrogens (tertiary/aromatic N) is 1. The van der Waals surface area contributed by atoms with Crippen molar-refractivity contribution in [2.24, 2.45) is 0 Å². The third-order valence-corrected chi connectivity index (χ3v) is 6.98. The van der Waals surface area contributed by atoms with Gasteiger partial charge in [0.05, 0.1) is 13.1 Å². The molecule has 8 nitrogen and oxygen atoms in total. The lowest BCUT2D eigenvalue weighted by Gasteiger charge is -2.38. The topological polar surface area (TPSA) is 97.3 Å². The van der Waals surface area contributed by atoms with Gasteiger partial charge in [-0.1, -0.05) is 30.3 Å². The highest BCUT2D eigenvalue weighted by molar-refractivity contribution is 5.89. The zero-order valence-corrected chi connectivity index (χ0v) is 26.2. The molecule has 0 radical (unpaired) electrons. The number of hydrogen-bond acceptors (Lipinski definition) is 5. The summed E-state index contributed by atoms with van der Waals surface area (Å²) in [5.74, 6) is -29.6. The van der Waals surface area contributed by atoms with Crippen LogP contribution in [0.15, 0.2) is 78.9 Å². The SMILES string of the molecule is CCOC(Cc1ccc(OCCN(CC(F)(F)C(F)(F)C(F)(F)C(F)(F)C(F)(F)F)C(=O)Nc2ccc(Oc3ccccc3)cc2)cc1)C(=O)O. The summed E-state index contributed by atoms with van der Waals surface area (Å²) in [6.45, 7) is -3.01. The van der Waals surface area contributed by atoms with E-state index in [1.165, 1.54) is 36.4 Å². The molecular formula is C32H29F11N2O6. The van der Waals surface area contributed by atoms with E-state index < -0.39 is 67.7 Å². The van der Waals surface area contributed by atoms with Gasteiger partial charge in [0.1, 0.15) is 23.9 Å². The van der Waals surface area contributed by atoms with Crippen molar-refractivity contribution in [1.29, 1.82) is 0 Å². The minimum atomic E-state index is -7.65. The van der Waals surface area contributed by atoms with Gasteiger partial charge in [0.15, 0.2) is 6.10 Å². The summed E-state index contributed by atoms with van der Waals surface area (Å²) in [6, 6.07) is 16.8. The van der Waals surface area contributed by atoms with E-state index in [9.17, 15) is 63.0 Å². The molecule has 3 rings (SSSR count). The number of hydrogen-bond donors (Lipinski definition) is 2. The molecule has 19 heteroatoms. The average molecular weight is 747 g/mol. The van der Waals surface area contributed by atoms with E-state index in [2.05, 4.69) is 0 Å². The summed E-state index contributed by atoms with van der Waals surface area (Å²) >= 11 is 0. The molecule has 280 valence electrons. The maximum atomic E-state index is 14.8. The van der Waals surface area contributed by atoms with Crippen molar-refractivity contribution in [3.05, 3.63) is 84.4 Å². The Balaban J connectivity index is 1.81. The predicted octanol–water partition coefficient (Wildman–Crippen LogP) is 8.53. The Bertz CT molecular complexity index is 1590. The maximum absolute atomic E-state index is 14.8. The molecule has 0 heterocycles. The second-order valence-electron chi connectivity index (χ2n) is 10.7. The first-order valence-electron chi connectivity index (χ1n) is 14.7. The summed E-state index contributed by atoms with van der Waals surface area (Å²) in [7, 11) is 0. The fraction of sp³-hybridized carbons (Fsp3) is 0.375. The molecule has 0 bridgehead atoms. The predicted molar refractivity (Wildman–Crippen MR) is 158 cm³/mol. The summed E-state index contributed by atoms with van der Waals surface area (Å²) in [5, 5.41) is 11.2. The van der Waals surface area contributed by atoms with Gasteiger partial charge in [-0.05, 0) is 61.0 Å². The highest BCUT2D eigenvalue weighted by Gasteiger charge is 2.87. The third-order valence-electron chi connectivity index (χ3n) is 6.98. The largest absolute Gasteiger partial charge is 0.492 e. The summed E-state index contributed by atoms with van der Waals surface area (Å²) in [6.07, 6.45) is -8.60. The monoisotopic (exact) mass is 746 g/mol. The molecule has 0 aromatic heterocycles. The van der Waals surface area contributed by atoms with Gasteiger partial charge in [0, 0.05) is 18.7 Å². The van der Waals surface area contributed by atoms with Crippen molar-refractivity contribution < 1.29 is 77.2 Å². The summed E-state index contributed by atoms with van der Waals surface area (Å²) in [4.78, 5) is 24.0. The Morgan fingerprint density at radius 1 is 0.745 bits per heavy atom. The van der Waals surface area contributed by atoms with Crippen molar-refractivity contribution in [3.8, 4) is 17.2 Å². The average Bonchev–Trinajstić information content (AvgIpc) is 3.05. The molecular weight excluding hydrogens is 717 g/mol. The van der Waals surface area contributed by atoms with E-state index in [1.54, 1.807) is 37.3 Å². The second-order valence-corrected chi connectivity index (χ2v) is 10.7. The lowest BCUT2D eigenvalue weighted by molar-refractivity contribution is -0.422. The van der Waals surface area contributed by atoms with E-state index in [0.29, 0.717) is 11.3 Å². The van der Waals surface area contributed by atoms with Crippen LogP contribution in [0.4, 0.5) is 58.8 Å². The van der Waals surface area contributed by atoms with Crippen LogP contribution >= 0.6 is 0 Å². The molecule has 51 heavy (non-hydrogen) atoms. The molecule has 0 fully saturated rings. The van der Waals surface area contributed by atoms with Crippen LogP contribution in [-0.4, -0.2) is 84.3 Å². The maximum Gasteiger partial charge on any atom is 0.460 e. The Labute approximate surface area is 282 Å². The number of anilines is 1. The fourth-order valence-electron chi connectivity index (χ4n) is 4.26. The molecule has 1 atom stereocenters. The summed E-state index contributed by atoms with van der Waals surface area (Å²) in [5.41, 5.74) is 0.264. The van der Waals surface area contributed by atoms with Gasteiger partial charge in [0.2, 0.25) is 0 Å². The third kappa shape index (κ3) is 9.71. The molecule has 2 amide bonds. The second kappa shape index (κ2) is 16.0. The molecule has 0 aliphatic rings. The quantitative estimate of drug-likeness (QED) is 0.135. The van der Waals surface area contributed by atoms with Crippen LogP contribution in [0, 0.1) is 0 Å². The van der Waals surface area contributed by atoms with Gasteiger partial charge in [-0.25, -0.2) is 9.59 Å². The smallest absolute Gasteiger partial charge is 0.460 e. The molecule has 0 aliphatic carbocycles. The molecule has 0 aliphatic heterocycles. The van der Waals surface area contributed by atoms with Crippen LogP contribution in [0.3, 0.4) is 0 Å². The number of para-hydroxylation sites is 1. The zero-order chi connectivity index (χ0) is 38.3. The van der Waals surface area contributed by atoms with E-state index in [1.807, 2.05) is 5.32 Å². The number of carboxylic acids is 1. The Morgan fingerprint density at radius 3 is 1.82 bits per heavy atom. The first-order valence-corrected chi connectivity index (χ1v) is 14.7. The molecule has 1 unspecified atom stereocenters. The van der Waals surface area contributed by atoms with Crippen LogP contribution in [0.5, 0.6) is 17.2 Å². The van der Waals surface area contributed by atoms with Crippen LogP contribution in [0.2, 0.25) is 0 Å². The van der Waals surface area contributed by atoms with Crippen molar-refractivity contribution in [3.63, 3.8) is 0 Å². The van der Waals surface area contributed by atoms with Gasteiger partial charge >= 0.3 is 41.9 Å². The Hall–Kier alpha value is -4.81. The minimum Gasteiger partial charge on any atom is -0.492 e. The standard InChI is InChI=1S/C32H29F11N2O6/c1-2-49-25(26(46)47)18-20-8-12-22(13-9-20)50-17-16-45(19-28(33,34)29(35,36)30(37,38)31(39,40)32(41,42)43)27(48)44-21-10-14-24(15-11-21)51-23-6-4-3-5-7-23/h3-15,25H,2,16-19H2,1H3,(H,44,48)(H,46,47). The fourth-order valence-corrected chi connectivity index (χ4v) is 4.26. The van der Waals surface area contributed by atoms with Gasteiger partial charge in [-0.15, -0.1) is 0 Å². The number of carboxylic acid groups (broad SMARTS) is 1. The molecule has 3 aromatic rings. The number of urea groups is 1. The van der Waals surface area contributed by atoms with Gasteiger partial charge in [-0.3, -0.25) is 0 Å². The van der Waals surface area contributed by atoms with E-state index >= 15 is 0 Å². The number of aliphatic carboxylic acids is 1. The van der Waals surface area contributed by atoms with Crippen molar-refractivity contribution >= 4 is 17.7 Å². The number of carbonyl (C=O) groups is 2. The van der Waals surface area contributed by atoms with Crippen LogP contribution in [0.1, 0.15) is 12.5 Å². The van der Waals surface area contributed by atoms with Crippen molar-refractivity contribution in [2.45, 2.75) is 49.3 Å². The van der Waals surface area contributed by atoms with Gasteiger partial charge < -0.3 is 29.5 Å². The first kappa shape index (κ1) is 40.6. The highest BCUT2D eigenvalue weighted by atomic mass is 19.4. The molecule has 0 spiro atoms.